The number of anilines is 1. The minimum Gasteiger partial charge on any atom is -0.396 e. The van der Waals surface area contributed by atoms with Crippen LogP contribution >= 0.6 is 0 Å². The van der Waals surface area contributed by atoms with Gasteiger partial charge in [-0.25, -0.2) is 13.1 Å². The largest absolute Gasteiger partial charge is 0.396 e. The molecule has 1 fully saturated rings. The van der Waals surface area contributed by atoms with Gasteiger partial charge >= 0.3 is 0 Å². The van der Waals surface area contributed by atoms with Crippen LogP contribution in [0.1, 0.15) is 32.6 Å². The Morgan fingerprint density at radius 2 is 1.90 bits per heavy atom. The molecule has 1 saturated carbocycles. The third-order valence-electron chi connectivity index (χ3n) is 4.16. The van der Waals surface area contributed by atoms with Crippen molar-refractivity contribution in [2.75, 3.05) is 25.0 Å². The van der Waals surface area contributed by atoms with Crippen LogP contribution in [0.3, 0.4) is 0 Å². The van der Waals surface area contributed by atoms with E-state index in [1.807, 2.05) is 6.07 Å². The van der Waals surface area contributed by atoms with Crippen LogP contribution in [0.2, 0.25) is 0 Å². The van der Waals surface area contributed by atoms with E-state index in [9.17, 15) is 13.5 Å². The molecule has 0 atom stereocenters. The lowest BCUT2D eigenvalue weighted by molar-refractivity contribution is 0.142. The van der Waals surface area contributed by atoms with Crippen LogP contribution in [-0.4, -0.2) is 33.2 Å². The summed E-state index contributed by atoms with van der Waals surface area (Å²) in [6.45, 7) is 2.86. The highest BCUT2D eigenvalue weighted by molar-refractivity contribution is 7.89. The van der Waals surface area contributed by atoms with E-state index in [0.717, 1.165) is 25.7 Å². The lowest BCUT2D eigenvalue weighted by Gasteiger charge is -2.27. The number of hydrogen-bond donors (Lipinski definition) is 3. The first-order valence-corrected chi connectivity index (χ1v) is 8.95. The fourth-order valence-electron chi connectivity index (χ4n) is 2.91. The van der Waals surface area contributed by atoms with E-state index in [1.54, 1.807) is 25.1 Å². The smallest absolute Gasteiger partial charge is 0.242 e. The minimum atomic E-state index is -3.49. The summed E-state index contributed by atoms with van der Waals surface area (Å²) in [6, 6.07) is 6.89. The van der Waals surface area contributed by atoms with Crippen LogP contribution in [0.25, 0.3) is 0 Å². The van der Waals surface area contributed by atoms with Crippen molar-refractivity contribution in [3.63, 3.8) is 0 Å². The fourth-order valence-corrected chi connectivity index (χ4v) is 4.14. The Morgan fingerprint density at radius 3 is 2.52 bits per heavy atom. The number of nitrogens with one attached hydrogen (secondary N) is 2. The van der Waals surface area contributed by atoms with Crippen molar-refractivity contribution in [3.05, 3.63) is 24.3 Å². The summed E-state index contributed by atoms with van der Waals surface area (Å²) in [7, 11) is -3.49. The summed E-state index contributed by atoms with van der Waals surface area (Å²) in [6.07, 6.45) is 4.22. The summed E-state index contributed by atoms with van der Waals surface area (Å²) >= 11 is 0. The molecule has 0 aliphatic heterocycles. The van der Waals surface area contributed by atoms with Crippen molar-refractivity contribution in [1.29, 1.82) is 0 Å². The molecule has 0 bridgehead atoms. The summed E-state index contributed by atoms with van der Waals surface area (Å²) in [5.41, 5.74) is 0.480. The molecule has 0 amide bonds. The maximum atomic E-state index is 12.2. The van der Waals surface area contributed by atoms with Gasteiger partial charge in [-0.2, -0.15) is 0 Å². The van der Waals surface area contributed by atoms with Crippen LogP contribution in [0.15, 0.2) is 29.2 Å². The topological polar surface area (TPSA) is 78.4 Å². The first-order chi connectivity index (χ1) is 10.0. The number of benzene rings is 1. The number of para-hydroxylation sites is 1. The van der Waals surface area contributed by atoms with E-state index < -0.39 is 10.0 Å². The Bertz CT molecular complexity index is 566. The van der Waals surface area contributed by atoms with Gasteiger partial charge in [0.1, 0.15) is 4.90 Å². The SMILES string of the molecule is CCNS(=O)(=O)c1ccccc1NCC1(CO)CCCC1. The molecule has 1 aromatic rings. The van der Waals surface area contributed by atoms with Gasteiger partial charge in [0.2, 0.25) is 10.0 Å². The molecule has 0 unspecified atom stereocenters. The van der Waals surface area contributed by atoms with E-state index in [0.29, 0.717) is 18.8 Å². The maximum Gasteiger partial charge on any atom is 0.242 e. The molecule has 0 aromatic heterocycles. The molecule has 6 heteroatoms. The number of sulfonamides is 1. The molecular weight excluding hydrogens is 288 g/mol. The van der Waals surface area contributed by atoms with Crippen molar-refractivity contribution in [3.8, 4) is 0 Å². The second-order valence-electron chi connectivity index (χ2n) is 5.72. The van der Waals surface area contributed by atoms with Crippen LogP contribution in [0.5, 0.6) is 0 Å². The van der Waals surface area contributed by atoms with Gasteiger partial charge in [0.05, 0.1) is 12.3 Å². The average Bonchev–Trinajstić information content (AvgIpc) is 2.95. The van der Waals surface area contributed by atoms with E-state index in [1.165, 1.54) is 0 Å². The fraction of sp³-hybridized carbons (Fsp3) is 0.600. The second-order valence-corrected chi connectivity index (χ2v) is 7.45. The molecule has 5 nitrogen and oxygen atoms in total. The molecule has 1 aliphatic carbocycles. The zero-order valence-electron chi connectivity index (χ0n) is 12.4. The number of aliphatic hydroxyl groups is 1. The first kappa shape index (κ1) is 16.3. The van der Waals surface area contributed by atoms with Crippen LogP contribution in [0.4, 0.5) is 5.69 Å². The van der Waals surface area contributed by atoms with Crippen molar-refractivity contribution in [2.45, 2.75) is 37.5 Å². The Hall–Kier alpha value is -1.11. The molecule has 3 N–H and O–H groups in total. The zero-order chi connectivity index (χ0) is 15.3. The summed E-state index contributed by atoms with van der Waals surface area (Å²) in [5.74, 6) is 0. The predicted molar refractivity (Wildman–Crippen MR) is 83.8 cm³/mol. The monoisotopic (exact) mass is 312 g/mol. The quantitative estimate of drug-likeness (QED) is 0.719. The standard InChI is InChI=1S/C15H24N2O3S/c1-2-17-21(19,20)14-8-4-3-7-13(14)16-11-15(12-18)9-5-6-10-15/h3-4,7-8,16-18H,2,5-6,9-12H2,1H3. The maximum absolute atomic E-state index is 12.2. The van der Waals surface area contributed by atoms with Crippen molar-refractivity contribution < 1.29 is 13.5 Å². The van der Waals surface area contributed by atoms with Crippen molar-refractivity contribution >= 4 is 15.7 Å². The molecule has 0 heterocycles. The Kier molecular flexibility index (Phi) is 5.24. The minimum absolute atomic E-state index is 0.116. The van der Waals surface area contributed by atoms with E-state index in [2.05, 4.69) is 10.0 Å². The van der Waals surface area contributed by atoms with Gasteiger partial charge in [0.15, 0.2) is 0 Å². The van der Waals surface area contributed by atoms with Gasteiger partial charge in [0.25, 0.3) is 0 Å². The molecule has 21 heavy (non-hydrogen) atoms. The average molecular weight is 312 g/mol. The van der Waals surface area contributed by atoms with Gasteiger partial charge in [-0.3, -0.25) is 0 Å². The summed E-state index contributed by atoms with van der Waals surface area (Å²) < 4.78 is 26.9. The summed E-state index contributed by atoms with van der Waals surface area (Å²) in [4.78, 5) is 0.262. The Balaban J connectivity index is 2.17. The van der Waals surface area contributed by atoms with Gasteiger partial charge in [0, 0.05) is 18.5 Å². The first-order valence-electron chi connectivity index (χ1n) is 7.46. The zero-order valence-corrected chi connectivity index (χ0v) is 13.2. The molecule has 118 valence electrons. The van der Waals surface area contributed by atoms with Gasteiger partial charge in [-0.15, -0.1) is 0 Å². The van der Waals surface area contributed by atoms with Gasteiger partial charge < -0.3 is 10.4 Å². The van der Waals surface area contributed by atoms with Crippen LogP contribution in [-0.2, 0) is 10.0 Å². The Morgan fingerprint density at radius 1 is 1.24 bits per heavy atom. The number of hydrogen-bond acceptors (Lipinski definition) is 4. The number of aliphatic hydroxyl groups excluding tert-OH is 1. The number of rotatable bonds is 7. The molecule has 0 saturated heterocycles. The van der Waals surface area contributed by atoms with Crippen molar-refractivity contribution in [2.24, 2.45) is 5.41 Å². The molecule has 1 aromatic carbocycles. The molecule has 1 aliphatic rings. The highest BCUT2D eigenvalue weighted by Gasteiger charge is 2.33. The van der Waals surface area contributed by atoms with E-state index in [4.69, 9.17) is 0 Å². The molecule has 0 radical (unpaired) electrons. The van der Waals surface area contributed by atoms with Crippen molar-refractivity contribution in [1.82, 2.24) is 4.72 Å². The third-order valence-corrected chi connectivity index (χ3v) is 5.77. The van der Waals surface area contributed by atoms with Gasteiger partial charge in [-0.05, 0) is 25.0 Å². The molecule has 0 spiro atoms. The lowest BCUT2D eigenvalue weighted by atomic mass is 9.87. The van der Waals surface area contributed by atoms with E-state index >= 15 is 0 Å². The summed E-state index contributed by atoms with van der Waals surface area (Å²) in [5, 5.41) is 12.9. The second kappa shape index (κ2) is 6.77. The highest BCUT2D eigenvalue weighted by Crippen LogP contribution is 2.38. The van der Waals surface area contributed by atoms with Crippen LogP contribution in [0, 0.1) is 5.41 Å². The van der Waals surface area contributed by atoms with Gasteiger partial charge in [-0.1, -0.05) is 31.9 Å². The Labute approximate surface area is 126 Å². The molecule has 2 rings (SSSR count). The van der Waals surface area contributed by atoms with Crippen LogP contribution < -0.4 is 10.0 Å². The lowest BCUT2D eigenvalue weighted by Crippen LogP contribution is -2.31. The van der Waals surface area contributed by atoms with E-state index in [-0.39, 0.29) is 16.9 Å². The highest BCUT2D eigenvalue weighted by atomic mass is 32.2. The normalized spacial score (nSPS) is 17.8. The third kappa shape index (κ3) is 3.75. The molecular formula is C15H24N2O3S. The predicted octanol–water partition coefficient (Wildman–Crippen LogP) is 1.95.